The fourth-order valence-electron chi connectivity index (χ4n) is 2.33. The maximum absolute atomic E-state index is 11.2. The van der Waals surface area contributed by atoms with Crippen molar-refractivity contribution in [2.45, 2.75) is 0 Å². The van der Waals surface area contributed by atoms with Crippen molar-refractivity contribution in [3.63, 3.8) is 0 Å². The number of nitrogens with one attached hydrogen (secondary N) is 1. The van der Waals surface area contributed by atoms with E-state index in [1.54, 1.807) is 12.1 Å². The second-order valence-corrected chi connectivity index (χ2v) is 5.29. The molecule has 0 fully saturated rings. The van der Waals surface area contributed by atoms with Gasteiger partial charge in [-0.15, -0.1) is 0 Å². The number of carbonyl (C=O) groups is 1. The van der Waals surface area contributed by atoms with Crippen LogP contribution in [0.5, 0.6) is 5.75 Å². The molecule has 0 aliphatic carbocycles. The van der Waals surface area contributed by atoms with E-state index in [4.69, 9.17) is 16.3 Å². The normalized spacial score (nSPS) is 10.2. The van der Waals surface area contributed by atoms with Crippen LogP contribution >= 0.6 is 11.6 Å². The summed E-state index contributed by atoms with van der Waals surface area (Å²) in [7, 11) is 3.52. The maximum Gasteiger partial charge on any atom is 0.412 e. The van der Waals surface area contributed by atoms with Gasteiger partial charge in [0.25, 0.3) is 5.65 Å². The number of ether oxygens (including phenoxy) is 1. The lowest BCUT2D eigenvalue weighted by Gasteiger charge is -2.03. The van der Waals surface area contributed by atoms with Gasteiger partial charge in [-0.3, -0.25) is 0 Å². The van der Waals surface area contributed by atoms with E-state index in [1.165, 1.54) is 7.05 Å². The van der Waals surface area contributed by atoms with E-state index in [0.29, 0.717) is 10.8 Å². The summed E-state index contributed by atoms with van der Waals surface area (Å²) in [4.78, 5) is 11.2. The SMILES string of the molecule is CNC(=O)Oc1ccc(-c2c[n+]3cc(Cl)ccc3n2C)cc1.[I-]. The number of nitrogens with zero attached hydrogens (tertiary/aromatic N) is 2. The van der Waals surface area contributed by atoms with Crippen LogP contribution in [0.1, 0.15) is 0 Å². The van der Waals surface area contributed by atoms with E-state index in [1.807, 2.05) is 48.1 Å². The van der Waals surface area contributed by atoms with Crippen LogP contribution in [-0.4, -0.2) is 17.7 Å². The molecule has 2 aromatic heterocycles. The zero-order chi connectivity index (χ0) is 15.7. The molecule has 0 bridgehead atoms. The number of aromatic nitrogens is 2. The van der Waals surface area contributed by atoms with Gasteiger partial charge in [0.05, 0.1) is 12.1 Å². The highest BCUT2D eigenvalue weighted by molar-refractivity contribution is 6.30. The molecule has 0 radical (unpaired) electrons. The molecular weight excluding hydrogens is 429 g/mol. The molecule has 0 saturated carbocycles. The first-order valence-corrected chi connectivity index (χ1v) is 7.12. The fraction of sp³-hybridized carbons (Fsp3) is 0.125. The number of carbonyl (C=O) groups excluding carboxylic acids is 1. The maximum atomic E-state index is 11.2. The zero-order valence-corrected chi connectivity index (χ0v) is 15.5. The molecular formula is C16H15ClIN3O2. The summed E-state index contributed by atoms with van der Waals surface area (Å²) in [6.45, 7) is 0. The van der Waals surface area contributed by atoms with E-state index < -0.39 is 6.09 Å². The lowest BCUT2D eigenvalue weighted by Crippen LogP contribution is -3.00. The predicted molar refractivity (Wildman–Crippen MR) is 84.1 cm³/mol. The van der Waals surface area contributed by atoms with Crippen molar-refractivity contribution in [2.75, 3.05) is 7.05 Å². The molecule has 7 heteroatoms. The largest absolute Gasteiger partial charge is 1.00 e. The summed E-state index contributed by atoms with van der Waals surface area (Å²) in [6.07, 6.45) is 3.39. The molecule has 0 atom stereocenters. The van der Waals surface area contributed by atoms with Gasteiger partial charge in [0.2, 0.25) is 0 Å². The van der Waals surface area contributed by atoms with Crippen molar-refractivity contribution >= 4 is 23.3 Å². The summed E-state index contributed by atoms with van der Waals surface area (Å²) in [6, 6.07) is 11.2. The molecule has 0 unspecified atom stereocenters. The lowest BCUT2D eigenvalue weighted by atomic mass is 10.1. The Morgan fingerprint density at radius 3 is 2.52 bits per heavy atom. The second kappa shape index (κ2) is 7.18. The van der Waals surface area contributed by atoms with Gasteiger partial charge in [0.15, 0.2) is 5.69 Å². The highest BCUT2D eigenvalue weighted by Gasteiger charge is 2.16. The van der Waals surface area contributed by atoms with Crippen LogP contribution < -0.4 is 38.4 Å². The Bertz CT molecular complexity index is 846. The van der Waals surface area contributed by atoms with E-state index in [-0.39, 0.29) is 24.0 Å². The van der Waals surface area contributed by atoms with Gasteiger partial charge in [-0.1, -0.05) is 11.6 Å². The van der Waals surface area contributed by atoms with Gasteiger partial charge in [0.1, 0.15) is 18.1 Å². The fourth-order valence-corrected chi connectivity index (χ4v) is 2.50. The molecule has 5 nitrogen and oxygen atoms in total. The minimum atomic E-state index is -0.484. The third kappa shape index (κ3) is 3.59. The van der Waals surface area contributed by atoms with Crippen molar-refractivity contribution in [2.24, 2.45) is 7.05 Å². The number of pyridine rings is 1. The minimum Gasteiger partial charge on any atom is -1.00 e. The smallest absolute Gasteiger partial charge is 0.412 e. The summed E-state index contributed by atoms with van der Waals surface area (Å²) in [5.74, 6) is 0.498. The van der Waals surface area contributed by atoms with E-state index in [0.717, 1.165) is 16.9 Å². The number of rotatable bonds is 2. The van der Waals surface area contributed by atoms with Crippen molar-refractivity contribution in [1.82, 2.24) is 9.88 Å². The van der Waals surface area contributed by atoms with Gasteiger partial charge < -0.3 is 34.0 Å². The summed E-state index contributed by atoms with van der Waals surface area (Å²) < 4.78 is 9.13. The van der Waals surface area contributed by atoms with Gasteiger partial charge >= 0.3 is 6.09 Å². The number of hydrogen-bond acceptors (Lipinski definition) is 2. The topological polar surface area (TPSA) is 47.4 Å². The van der Waals surface area contributed by atoms with E-state index in [9.17, 15) is 4.79 Å². The van der Waals surface area contributed by atoms with Gasteiger partial charge in [0, 0.05) is 18.7 Å². The highest BCUT2D eigenvalue weighted by atomic mass is 127. The number of fused-ring (bicyclic) bond motifs is 1. The Hall–Kier alpha value is -1.80. The average molecular weight is 444 g/mol. The van der Waals surface area contributed by atoms with Crippen LogP contribution in [-0.2, 0) is 7.05 Å². The summed E-state index contributed by atoms with van der Waals surface area (Å²) in [5, 5.41) is 3.10. The number of amides is 1. The number of halogens is 2. The van der Waals surface area contributed by atoms with Crippen LogP contribution in [0.15, 0.2) is 48.8 Å². The van der Waals surface area contributed by atoms with Crippen LogP contribution in [0.4, 0.5) is 4.79 Å². The predicted octanol–water partition coefficient (Wildman–Crippen LogP) is -0.194. The molecule has 120 valence electrons. The second-order valence-electron chi connectivity index (χ2n) is 4.85. The third-order valence-electron chi connectivity index (χ3n) is 3.45. The Balaban J connectivity index is 0.00000192. The van der Waals surface area contributed by atoms with Gasteiger partial charge in [-0.2, -0.15) is 0 Å². The van der Waals surface area contributed by atoms with Crippen molar-refractivity contribution < 1.29 is 37.9 Å². The summed E-state index contributed by atoms with van der Waals surface area (Å²) >= 11 is 6.02. The molecule has 3 aromatic rings. The molecule has 0 aliphatic heterocycles. The summed E-state index contributed by atoms with van der Waals surface area (Å²) in [5.41, 5.74) is 3.09. The Morgan fingerprint density at radius 1 is 1.17 bits per heavy atom. The van der Waals surface area contributed by atoms with Crippen LogP contribution in [0.2, 0.25) is 5.02 Å². The first kappa shape index (κ1) is 17.6. The lowest BCUT2D eigenvalue weighted by molar-refractivity contribution is -0.510. The van der Waals surface area contributed by atoms with Crippen LogP contribution in [0.3, 0.4) is 0 Å². The molecule has 0 spiro atoms. The molecule has 1 aromatic carbocycles. The third-order valence-corrected chi connectivity index (χ3v) is 3.67. The first-order chi connectivity index (χ1) is 10.6. The number of imidazole rings is 1. The van der Waals surface area contributed by atoms with Crippen LogP contribution in [0, 0.1) is 0 Å². The molecule has 3 rings (SSSR count). The number of benzene rings is 1. The molecule has 23 heavy (non-hydrogen) atoms. The van der Waals surface area contributed by atoms with E-state index in [2.05, 4.69) is 9.88 Å². The highest BCUT2D eigenvalue weighted by Crippen LogP contribution is 2.23. The first-order valence-electron chi connectivity index (χ1n) is 6.75. The molecule has 0 saturated heterocycles. The molecule has 2 heterocycles. The average Bonchev–Trinajstić information content (AvgIpc) is 2.84. The number of aryl methyl sites for hydroxylation is 1. The van der Waals surface area contributed by atoms with Crippen molar-refractivity contribution in [3.8, 4) is 17.0 Å². The Morgan fingerprint density at radius 2 is 1.87 bits per heavy atom. The van der Waals surface area contributed by atoms with Crippen molar-refractivity contribution in [1.29, 1.82) is 0 Å². The van der Waals surface area contributed by atoms with Gasteiger partial charge in [-0.05, 0) is 30.3 Å². The van der Waals surface area contributed by atoms with Gasteiger partial charge in [-0.25, -0.2) is 13.8 Å². The molecule has 0 aliphatic rings. The Labute approximate surface area is 155 Å². The van der Waals surface area contributed by atoms with Crippen LogP contribution in [0.25, 0.3) is 16.9 Å². The monoisotopic (exact) mass is 443 g/mol. The van der Waals surface area contributed by atoms with E-state index >= 15 is 0 Å². The number of hydrogen-bond donors (Lipinski definition) is 1. The zero-order valence-electron chi connectivity index (χ0n) is 12.6. The minimum absolute atomic E-state index is 0. The molecule has 1 N–H and O–H groups in total. The quantitative estimate of drug-likeness (QED) is 0.441. The Kier molecular flexibility index (Phi) is 5.48. The standard InChI is InChI=1S/C16H14ClN3O2.HI/c1-18-16(21)22-13-6-3-11(4-7-13)14-10-20-9-12(17)5-8-15(20)19(14)2;/h3-10H,1-2H3;1H. The van der Waals surface area contributed by atoms with Crippen molar-refractivity contribution in [3.05, 3.63) is 53.8 Å². The molecule has 1 amide bonds.